The van der Waals surface area contributed by atoms with Crippen molar-refractivity contribution < 1.29 is 4.79 Å². The number of anilines is 1. The molecule has 1 heterocycles. The predicted octanol–water partition coefficient (Wildman–Crippen LogP) is 3.42. The fraction of sp³-hybridized carbons (Fsp3) is 0.211. The van der Waals surface area contributed by atoms with Crippen LogP contribution in [0.15, 0.2) is 58.6 Å². The van der Waals surface area contributed by atoms with Crippen LogP contribution >= 0.6 is 11.6 Å². The molecule has 1 amide bonds. The second-order valence-electron chi connectivity index (χ2n) is 6.55. The summed E-state index contributed by atoms with van der Waals surface area (Å²) in [4.78, 5) is 16.8. The third kappa shape index (κ3) is 3.88. The minimum Gasteiger partial charge on any atom is -0.364 e. The number of hydrogen-bond acceptors (Lipinski definition) is 4. The van der Waals surface area contributed by atoms with E-state index in [4.69, 9.17) is 22.3 Å². The predicted molar refractivity (Wildman–Crippen MR) is 102 cm³/mol. The summed E-state index contributed by atoms with van der Waals surface area (Å²) in [5.74, 6) is -0.638. The van der Waals surface area contributed by atoms with Crippen LogP contribution < -0.4 is 11.2 Å². The lowest BCUT2D eigenvalue weighted by Crippen LogP contribution is -2.38. The molecule has 0 saturated carbocycles. The molecule has 0 radical (unpaired) electrons. The minimum absolute atomic E-state index is 0.0974. The summed E-state index contributed by atoms with van der Waals surface area (Å²) in [5.41, 5.74) is 11.4. The van der Waals surface area contributed by atoms with Gasteiger partial charge in [-0.3, -0.25) is 15.2 Å². The number of hydrogen-bond donors (Lipinski definition) is 2. The Morgan fingerprint density at radius 1 is 1.24 bits per heavy atom. The number of carbonyl (C=O) groups is 1. The number of amides is 1. The van der Waals surface area contributed by atoms with Gasteiger partial charge in [0.15, 0.2) is 5.71 Å². The van der Waals surface area contributed by atoms with E-state index in [1.807, 2.05) is 38.1 Å². The highest BCUT2D eigenvalue weighted by molar-refractivity contribution is 6.70. The maximum atomic E-state index is 12.1. The van der Waals surface area contributed by atoms with Crippen molar-refractivity contribution in [3.8, 4) is 0 Å². The van der Waals surface area contributed by atoms with Crippen molar-refractivity contribution in [1.29, 1.82) is 0 Å². The first-order valence-electron chi connectivity index (χ1n) is 7.93. The largest absolute Gasteiger partial charge is 0.364 e. The minimum atomic E-state index is -0.638. The average Bonchev–Trinajstić information content (AvgIpc) is 2.53. The highest BCUT2D eigenvalue weighted by Crippen LogP contribution is 2.27. The van der Waals surface area contributed by atoms with Gasteiger partial charge in [0.1, 0.15) is 0 Å². The van der Waals surface area contributed by atoms with Gasteiger partial charge >= 0.3 is 0 Å². The second kappa shape index (κ2) is 6.69. The molecule has 3 rings (SSSR count). The van der Waals surface area contributed by atoms with Crippen LogP contribution in [0.4, 0.5) is 5.69 Å². The Bertz CT molecular complexity index is 886. The van der Waals surface area contributed by atoms with E-state index < -0.39 is 5.91 Å². The van der Waals surface area contributed by atoms with Crippen molar-refractivity contribution in [3.05, 3.63) is 64.7 Å². The van der Waals surface area contributed by atoms with E-state index in [9.17, 15) is 4.79 Å². The Morgan fingerprint density at radius 2 is 2.00 bits per heavy atom. The fourth-order valence-electron chi connectivity index (χ4n) is 2.86. The molecule has 0 fully saturated rings. The van der Waals surface area contributed by atoms with Crippen molar-refractivity contribution in [2.75, 3.05) is 5.43 Å². The Morgan fingerprint density at radius 3 is 2.72 bits per heavy atom. The van der Waals surface area contributed by atoms with Crippen molar-refractivity contribution in [2.45, 2.75) is 25.8 Å². The molecule has 2 aromatic carbocycles. The third-order valence-corrected chi connectivity index (χ3v) is 4.12. The van der Waals surface area contributed by atoms with Crippen molar-refractivity contribution in [2.24, 2.45) is 15.8 Å². The number of fused-ring (bicyclic) bond motifs is 1. The van der Waals surface area contributed by atoms with E-state index in [1.165, 1.54) is 0 Å². The van der Waals surface area contributed by atoms with Gasteiger partial charge in [0.05, 0.1) is 16.9 Å². The molecule has 5 nitrogen and oxygen atoms in total. The van der Waals surface area contributed by atoms with Gasteiger partial charge in [-0.05, 0) is 44.0 Å². The van der Waals surface area contributed by atoms with E-state index in [0.29, 0.717) is 16.4 Å². The quantitative estimate of drug-likeness (QED) is 0.651. The first-order chi connectivity index (χ1) is 11.9. The third-order valence-electron chi connectivity index (χ3n) is 3.89. The molecule has 0 aliphatic carbocycles. The van der Waals surface area contributed by atoms with Crippen molar-refractivity contribution in [1.82, 2.24) is 0 Å². The van der Waals surface area contributed by atoms with Crippen molar-refractivity contribution >= 4 is 34.6 Å². The number of nitrogens with zero attached hydrogens (tertiary/aromatic N) is 2. The van der Waals surface area contributed by atoms with Crippen LogP contribution in [0.2, 0.25) is 5.02 Å². The molecule has 1 aliphatic heterocycles. The standard InChI is InChI=1S/C19H19ClN4O/c1-19(2)11-12-6-3-4-9-15(12)16(22-19)17(18(21)25)24-23-14-8-5-7-13(20)10-14/h3-10,23H,11H2,1-2H3,(H2,21,25)/b24-17-. The molecule has 0 atom stereocenters. The van der Waals surface area contributed by atoms with Gasteiger partial charge in [-0.15, -0.1) is 0 Å². The Hall–Kier alpha value is -2.66. The SMILES string of the molecule is CC1(C)Cc2ccccc2C(/C(=N/Nc2cccc(Cl)c2)C(N)=O)=N1. The molecule has 1 aliphatic rings. The maximum absolute atomic E-state index is 12.1. The number of hydrazone groups is 1. The molecule has 3 N–H and O–H groups in total. The summed E-state index contributed by atoms with van der Waals surface area (Å²) in [6, 6.07) is 14.9. The summed E-state index contributed by atoms with van der Waals surface area (Å²) in [6.45, 7) is 4.04. The number of rotatable bonds is 4. The number of nitrogens with two attached hydrogens (primary N) is 1. The molecule has 0 aromatic heterocycles. The molecule has 2 aromatic rings. The maximum Gasteiger partial charge on any atom is 0.271 e. The lowest BCUT2D eigenvalue weighted by molar-refractivity contribution is -0.111. The fourth-order valence-corrected chi connectivity index (χ4v) is 3.05. The van der Waals surface area contributed by atoms with E-state index in [0.717, 1.165) is 17.5 Å². The summed E-state index contributed by atoms with van der Waals surface area (Å²) >= 11 is 5.97. The topological polar surface area (TPSA) is 79.8 Å². The van der Waals surface area contributed by atoms with Gasteiger partial charge in [-0.2, -0.15) is 5.10 Å². The van der Waals surface area contributed by atoms with E-state index in [2.05, 4.69) is 10.5 Å². The molecular weight excluding hydrogens is 336 g/mol. The molecule has 0 unspecified atom stereocenters. The smallest absolute Gasteiger partial charge is 0.271 e. The zero-order valence-electron chi connectivity index (χ0n) is 14.1. The summed E-state index contributed by atoms with van der Waals surface area (Å²) in [5, 5.41) is 4.80. The zero-order valence-corrected chi connectivity index (χ0v) is 14.8. The Kier molecular flexibility index (Phi) is 4.59. The first-order valence-corrected chi connectivity index (χ1v) is 8.31. The monoisotopic (exact) mass is 354 g/mol. The summed E-state index contributed by atoms with van der Waals surface area (Å²) < 4.78 is 0. The van der Waals surface area contributed by atoms with Gasteiger partial charge in [0.25, 0.3) is 5.91 Å². The van der Waals surface area contributed by atoms with E-state index >= 15 is 0 Å². The van der Waals surface area contributed by atoms with Crippen LogP contribution in [-0.4, -0.2) is 22.9 Å². The summed E-state index contributed by atoms with van der Waals surface area (Å²) in [6.07, 6.45) is 0.792. The van der Waals surface area contributed by atoms with Crippen LogP contribution in [0.25, 0.3) is 0 Å². The van der Waals surface area contributed by atoms with Gasteiger partial charge in [0, 0.05) is 10.6 Å². The van der Waals surface area contributed by atoms with Gasteiger partial charge < -0.3 is 5.73 Å². The lowest BCUT2D eigenvalue weighted by atomic mass is 9.85. The van der Waals surface area contributed by atoms with Crippen LogP contribution in [0.3, 0.4) is 0 Å². The lowest BCUT2D eigenvalue weighted by Gasteiger charge is -2.28. The molecule has 0 bridgehead atoms. The molecule has 0 spiro atoms. The van der Waals surface area contributed by atoms with E-state index in [1.54, 1.807) is 24.3 Å². The van der Waals surface area contributed by atoms with Gasteiger partial charge in [-0.25, -0.2) is 0 Å². The second-order valence-corrected chi connectivity index (χ2v) is 6.99. The summed E-state index contributed by atoms with van der Waals surface area (Å²) in [7, 11) is 0. The molecular formula is C19H19ClN4O. The number of nitrogens with one attached hydrogen (secondary N) is 1. The molecule has 128 valence electrons. The normalized spacial score (nSPS) is 16.0. The number of primary amides is 1. The van der Waals surface area contributed by atoms with Crippen molar-refractivity contribution in [3.63, 3.8) is 0 Å². The number of halogens is 1. The molecule has 0 saturated heterocycles. The number of benzene rings is 2. The van der Waals surface area contributed by atoms with Crippen LogP contribution in [-0.2, 0) is 11.2 Å². The highest BCUT2D eigenvalue weighted by Gasteiger charge is 2.30. The highest BCUT2D eigenvalue weighted by atomic mass is 35.5. The Balaban J connectivity index is 2.03. The Labute approximate surface area is 151 Å². The molecule has 6 heteroatoms. The average molecular weight is 355 g/mol. The van der Waals surface area contributed by atoms with Gasteiger partial charge in [0.2, 0.25) is 0 Å². The van der Waals surface area contributed by atoms with E-state index in [-0.39, 0.29) is 11.3 Å². The van der Waals surface area contributed by atoms with Crippen LogP contribution in [0.5, 0.6) is 0 Å². The van der Waals surface area contributed by atoms with Gasteiger partial charge in [-0.1, -0.05) is 41.9 Å². The number of carbonyl (C=O) groups excluding carboxylic acids is 1. The van der Waals surface area contributed by atoms with Crippen LogP contribution in [0, 0.1) is 0 Å². The first kappa shape index (κ1) is 17.2. The number of aliphatic imine (C=N–C) groups is 1. The zero-order chi connectivity index (χ0) is 18.0. The molecule has 25 heavy (non-hydrogen) atoms. The van der Waals surface area contributed by atoms with Crippen LogP contribution in [0.1, 0.15) is 25.0 Å².